The first-order valence-corrected chi connectivity index (χ1v) is 5.85. The number of amides is 2. The number of urea groups is 1. The maximum atomic E-state index is 11.7. The van der Waals surface area contributed by atoms with Gasteiger partial charge in [0.1, 0.15) is 0 Å². The number of rotatable bonds is 5. The second-order valence-electron chi connectivity index (χ2n) is 4.23. The summed E-state index contributed by atoms with van der Waals surface area (Å²) in [6.45, 7) is 5.07. The van der Waals surface area contributed by atoms with Crippen LogP contribution in [-0.4, -0.2) is 41.8 Å². The molecule has 0 radical (unpaired) electrons. The van der Waals surface area contributed by atoms with Gasteiger partial charge in [0, 0.05) is 19.1 Å². The molecule has 1 aliphatic carbocycles. The Morgan fingerprint density at radius 1 is 1.60 bits per heavy atom. The Hall–Kier alpha value is -0.770. The largest absolute Gasteiger partial charge is 0.395 e. The minimum Gasteiger partial charge on any atom is -0.395 e. The van der Waals surface area contributed by atoms with Crippen LogP contribution in [0.1, 0.15) is 33.1 Å². The minimum atomic E-state index is -0.0500. The van der Waals surface area contributed by atoms with Crippen LogP contribution in [0.15, 0.2) is 0 Å². The van der Waals surface area contributed by atoms with Gasteiger partial charge in [-0.25, -0.2) is 4.79 Å². The van der Waals surface area contributed by atoms with Gasteiger partial charge in [-0.05, 0) is 32.6 Å². The fourth-order valence-electron chi connectivity index (χ4n) is 1.87. The van der Waals surface area contributed by atoms with E-state index in [1.807, 2.05) is 6.92 Å². The van der Waals surface area contributed by atoms with E-state index in [1.54, 1.807) is 4.90 Å². The van der Waals surface area contributed by atoms with E-state index >= 15 is 0 Å². The minimum absolute atomic E-state index is 0.0269. The van der Waals surface area contributed by atoms with Crippen LogP contribution in [0.4, 0.5) is 4.79 Å². The van der Waals surface area contributed by atoms with E-state index in [0.717, 1.165) is 0 Å². The van der Waals surface area contributed by atoms with Gasteiger partial charge in [0.25, 0.3) is 0 Å². The van der Waals surface area contributed by atoms with Crippen molar-refractivity contribution in [2.24, 2.45) is 5.92 Å². The molecule has 1 aliphatic rings. The highest BCUT2D eigenvalue weighted by atomic mass is 16.3. The molecule has 1 unspecified atom stereocenters. The molecule has 2 N–H and O–H groups in total. The maximum absolute atomic E-state index is 11.7. The first-order valence-electron chi connectivity index (χ1n) is 5.85. The molecular formula is C11H22N2O2. The Kier molecular flexibility index (Phi) is 4.88. The van der Waals surface area contributed by atoms with E-state index < -0.39 is 0 Å². The summed E-state index contributed by atoms with van der Waals surface area (Å²) >= 11 is 0. The van der Waals surface area contributed by atoms with Gasteiger partial charge in [-0.15, -0.1) is 0 Å². The van der Waals surface area contributed by atoms with Crippen LogP contribution in [0.5, 0.6) is 0 Å². The summed E-state index contributed by atoms with van der Waals surface area (Å²) in [5.41, 5.74) is 0. The Balaban J connectivity index is 2.31. The van der Waals surface area contributed by atoms with E-state index in [1.165, 1.54) is 19.3 Å². The van der Waals surface area contributed by atoms with Crippen LogP contribution in [0.3, 0.4) is 0 Å². The van der Waals surface area contributed by atoms with E-state index in [2.05, 4.69) is 12.2 Å². The van der Waals surface area contributed by atoms with E-state index in [0.29, 0.717) is 19.0 Å². The van der Waals surface area contributed by atoms with Crippen molar-refractivity contribution >= 4 is 6.03 Å². The third-order valence-corrected chi connectivity index (χ3v) is 3.25. The number of aliphatic hydroxyl groups is 1. The van der Waals surface area contributed by atoms with Crippen molar-refractivity contribution in [1.82, 2.24) is 10.2 Å². The quantitative estimate of drug-likeness (QED) is 0.722. The second kappa shape index (κ2) is 5.95. The molecule has 0 heterocycles. The molecule has 0 aliphatic heterocycles. The van der Waals surface area contributed by atoms with Gasteiger partial charge in [0.05, 0.1) is 6.61 Å². The number of carbonyl (C=O) groups is 1. The molecule has 0 aromatic rings. The van der Waals surface area contributed by atoms with E-state index in [9.17, 15) is 4.79 Å². The van der Waals surface area contributed by atoms with Crippen LogP contribution in [0.25, 0.3) is 0 Å². The van der Waals surface area contributed by atoms with Crippen LogP contribution in [0.2, 0.25) is 0 Å². The molecule has 15 heavy (non-hydrogen) atoms. The lowest BCUT2D eigenvalue weighted by atomic mass is 9.80. The molecule has 4 nitrogen and oxygen atoms in total. The van der Waals surface area contributed by atoms with Crippen LogP contribution < -0.4 is 5.32 Å². The fraction of sp³-hybridized carbons (Fsp3) is 0.909. The highest BCUT2D eigenvalue weighted by Gasteiger charge is 2.25. The fourth-order valence-corrected chi connectivity index (χ4v) is 1.87. The summed E-state index contributed by atoms with van der Waals surface area (Å²) in [6, 6.07) is 0.213. The first kappa shape index (κ1) is 12.3. The normalized spacial score (nSPS) is 18.1. The van der Waals surface area contributed by atoms with Gasteiger partial charge in [0.2, 0.25) is 0 Å². The first-order chi connectivity index (χ1) is 7.19. The highest BCUT2D eigenvalue weighted by Crippen LogP contribution is 2.29. The SMILES string of the molecule is CCN(CCO)C(=O)NC(C)C1CCC1. The predicted octanol–water partition coefficient (Wildman–Crippen LogP) is 1.20. The van der Waals surface area contributed by atoms with Gasteiger partial charge in [-0.1, -0.05) is 6.42 Å². The third-order valence-electron chi connectivity index (χ3n) is 3.25. The topological polar surface area (TPSA) is 52.6 Å². The molecule has 1 fully saturated rings. The molecule has 0 aromatic heterocycles. The zero-order valence-electron chi connectivity index (χ0n) is 9.70. The Labute approximate surface area is 91.6 Å². The summed E-state index contributed by atoms with van der Waals surface area (Å²) in [7, 11) is 0. The van der Waals surface area contributed by atoms with E-state index in [4.69, 9.17) is 5.11 Å². The van der Waals surface area contributed by atoms with E-state index in [-0.39, 0.29) is 18.7 Å². The van der Waals surface area contributed by atoms with Gasteiger partial charge in [-0.2, -0.15) is 0 Å². The monoisotopic (exact) mass is 214 g/mol. The Morgan fingerprint density at radius 3 is 2.67 bits per heavy atom. The molecule has 1 saturated carbocycles. The summed E-state index contributed by atoms with van der Waals surface area (Å²) < 4.78 is 0. The van der Waals surface area contributed by atoms with Gasteiger partial charge < -0.3 is 15.3 Å². The number of hydrogen-bond acceptors (Lipinski definition) is 2. The predicted molar refractivity (Wildman–Crippen MR) is 59.7 cm³/mol. The molecule has 0 spiro atoms. The van der Waals surface area contributed by atoms with Gasteiger partial charge >= 0.3 is 6.03 Å². The average Bonchev–Trinajstić information content (AvgIpc) is 2.10. The van der Waals surface area contributed by atoms with Gasteiger partial charge in [0.15, 0.2) is 0 Å². The molecule has 4 heteroatoms. The maximum Gasteiger partial charge on any atom is 0.317 e. The molecule has 0 bridgehead atoms. The Morgan fingerprint density at radius 2 is 2.27 bits per heavy atom. The van der Waals surface area contributed by atoms with Crippen LogP contribution >= 0.6 is 0 Å². The van der Waals surface area contributed by atoms with Crippen LogP contribution in [0, 0.1) is 5.92 Å². The number of nitrogens with zero attached hydrogens (tertiary/aromatic N) is 1. The lowest BCUT2D eigenvalue weighted by Gasteiger charge is -2.33. The molecule has 2 amide bonds. The smallest absolute Gasteiger partial charge is 0.317 e. The molecule has 1 atom stereocenters. The standard InChI is InChI=1S/C11H22N2O2/c1-3-13(7-8-14)11(15)12-9(2)10-5-4-6-10/h9-10,14H,3-8H2,1-2H3,(H,12,15). The summed E-state index contributed by atoms with van der Waals surface area (Å²) in [4.78, 5) is 13.4. The van der Waals surface area contributed by atoms with Crippen molar-refractivity contribution in [2.45, 2.75) is 39.2 Å². The number of carbonyl (C=O) groups excluding carboxylic acids is 1. The van der Waals surface area contributed by atoms with Gasteiger partial charge in [-0.3, -0.25) is 0 Å². The lowest BCUT2D eigenvalue weighted by molar-refractivity contribution is 0.166. The highest BCUT2D eigenvalue weighted by molar-refractivity contribution is 5.74. The molecule has 0 aromatic carbocycles. The zero-order chi connectivity index (χ0) is 11.3. The second-order valence-corrected chi connectivity index (χ2v) is 4.23. The molecule has 0 saturated heterocycles. The lowest BCUT2D eigenvalue weighted by Crippen LogP contribution is -2.48. The molecule has 1 rings (SSSR count). The van der Waals surface area contributed by atoms with Crippen molar-refractivity contribution in [3.63, 3.8) is 0 Å². The van der Waals surface area contributed by atoms with Crippen LogP contribution in [-0.2, 0) is 0 Å². The zero-order valence-corrected chi connectivity index (χ0v) is 9.70. The average molecular weight is 214 g/mol. The van der Waals surface area contributed by atoms with Crippen molar-refractivity contribution in [3.05, 3.63) is 0 Å². The van der Waals surface area contributed by atoms with Crippen molar-refractivity contribution in [2.75, 3.05) is 19.7 Å². The number of likely N-dealkylation sites (N-methyl/N-ethyl adjacent to an activating group) is 1. The van der Waals surface area contributed by atoms with Crippen molar-refractivity contribution < 1.29 is 9.90 Å². The summed E-state index contributed by atoms with van der Waals surface area (Å²) in [6.07, 6.45) is 3.75. The van der Waals surface area contributed by atoms with Crippen molar-refractivity contribution in [1.29, 1.82) is 0 Å². The Bertz CT molecular complexity index is 205. The summed E-state index contributed by atoms with van der Waals surface area (Å²) in [5.74, 6) is 0.654. The third kappa shape index (κ3) is 3.38. The summed E-state index contributed by atoms with van der Waals surface area (Å²) in [5, 5.41) is 11.8. The van der Waals surface area contributed by atoms with Crippen molar-refractivity contribution in [3.8, 4) is 0 Å². The molecule has 88 valence electrons. The number of hydrogen-bond donors (Lipinski definition) is 2. The molecular weight excluding hydrogens is 192 g/mol. The number of aliphatic hydroxyl groups excluding tert-OH is 1. The number of nitrogens with one attached hydrogen (secondary N) is 1.